The molecule has 0 aliphatic carbocycles. The molecule has 2 aromatic rings. The fraction of sp³-hybridized carbons (Fsp3) is 0.200. The van der Waals surface area contributed by atoms with Gasteiger partial charge in [-0.25, -0.2) is 4.39 Å². The summed E-state index contributed by atoms with van der Waals surface area (Å²) in [6, 6.07) is 9.97. The molecule has 0 heterocycles. The Labute approximate surface area is 132 Å². The first kappa shape index (κ1) is 15.4. The molecule has 0 aliphatic heterocycles. The van der Waals surface area contributed by atoms with E-state index in [2.05, 4.69) is 0 Å². The van der Waals surface area contributed by atoms with Gasteiger partial charge in [0.05, 0.1) is 22.5 Å². The number of rotatable bonds is 4. The molecule has 0 saturated carbocycles. The normalized spacial score (nSPS) is 12.2. The van der Waals surface area contributed by atoms with Gasteiger partial charge >= 0.3 is 0 Å². The van der Waals surface area contributed by atoms with Crippen molar-refractivity contribution in [1.29, 1.82) is 0 Å². The fourth-order valence-electron chi connectivity index (χ4n) is 1.86. The molecule has 0 amide bonds. The summed E-state index contributed by atoms with van der Waals surface area (Å²) in [6.07, 6.45) is 0.563. The van der Waals surface area contributed by atoms with Gasteiger partial charge < -0.3 is 4.74 Å². The second-order valence-electron chi connectivity index (χ2n) is 4.31. The maximum Gasteiger partial charge on any atom is 0.165 e. The van der Waals surface area contributed by atoms with Crippen molar-refractivity contribution in [1.82, 2.24) is 0 Å². The number of hydrogen-bond donors (Lipinski definition) is 0. The van der Waals surface area contributed by atoms with Gasteiger partial charge in [-0.05, 0) is 41.8 Å². The van der Waals surface area contributed by atoms with Crippen LogP contribution in [0.3, 0.4) is 0 Å². The first-order chi connectivity index (χ1) is 9.51. The molecule has 0 spiro atoms. The van der Waals surface area contributed by atoms with Crippen molar-refractivity contribution in [3.05, 3.63) is 63.4 Å². The van der Waals surface area contributed by atoms with Crippen molar-refractivity contribution < 1.29 is 9.13 Å². The van der Waals surface area contributed by atoms with Crippen LogP contribution in [-0.2, 0) is 6.42 Å². The summed E-state index contributed by atoms with van der Waals surface area (Å²) in [5.74, 6) is -0.225. The predicted octanol–water partition coefficient (Wildman–Crippen LogP) is 5.66. The molecule has 2 rings (SSSR count). The van der Waals surface area contributed by atoms with E-state index in [1.165, 1.54) is 13.2 Å². The van der Waals surface area contributed by atoms with E-state index in [9.17, 15) is 4.39 Å². The lowest BCUT2D eigenvalue weighted by Crippen LogP contribution is -1.98. The molecule has 106 valence electrons. The van der Waals surface area contributed by atoms with E-state index in [0.717, 1.165) is 11.1 Å². The summed E-state index contributed by atoms with van der Waals surface area (Å²) >= 11 is 18.2. The number of methoxy groups -OCH3 is 1. The highest BCUT2D eigenvalue weighted by atomic mass is 35.5. The van der Waals surface area contributed by atoms with Crippen LogP contribution in [0.1, 0.15) is 16.5 Å². The van der Waals surface area contributed by atoms with Crippen LogP contribution in [0, 0.1) is 5.82 Å². The smallest absolute Gasteiger partial charge is 0.165 e. The first-order valence-electron chi connectivity index (χ1n) is 5.92. The van der Waals surface area contributed by atoms with Crippen molar-refractivity contribution in [3.8, 4) is 5.75 Å². The lowest BCUT2D eigenvalue weighted by Gasteiger charge is -2.12. The van der Waals surface area contributed by atoms with E-state index in [1.54, 1.807) is 24.3 Å². The molecule has 1 atom stereocenters. The molecule has 0 fully saturated rings. The standard InChI is InChI=1S/C15H12Cl3FO/c1-20-15-8-10(3-5-14(15)19)12(17)6-9-2-4-11(16)13(18)7-9/h2-5,7-8,12H,6H2,1H3. The maximum atomic E-state index is 13.4. The van der Waals surface area contributed by atoms with Crippen LogP contribution >= 0.6 is 34.8 Å². The molecule has 5 heteroatoms. The second-order valence-corrected chi connectivity index (χ2v) is 5.66. The van der Waals surface area contributed by atoms with Crippen molar-refractivity contribution >= 4 is 34.8 Å². The SMILES string of the molecule is COc1cc(C(Cl)Cc2ccc(Cl)c(Cl)c2)ccc1F. The van der Waals surface area contributed by atoms with Crippen molar-refractivity contribution in [2.45, 2.75) is 11.8 Å². The Hall–Kier alpha value is -0.960. The third-order valence-electron chi connectivity index (χ3n) is 2.94. The van der Waals surface area contributed by atoms with Crippen molar-refractivity contribution in [3.63, 3.8) is 0 Å². The molecule has 1 nitrogen and oxygen atoms in total. The molecule has 0 radical (unpaired) electrons. The van der Waals surface area contributed by atoms with Gasteiger partial charge in [-0.2, -0.15) is 0 Å². The van der Waals surface area contributed by atoms with Crippen LogP contribution in [0.15, 0.2) is 36.4 Å². The van der Waals surface area contributed by atoms with Crippen LogP contribution < -0.4 is 4.74 Å². The van der Waals surface area contributed by atoms with Crippen molar-refractivity contribution in [2.24, 2.45) is 0 Å². The molecule has 0 bridgehead atoms. The van der Waals surface area contributed by atoms with Crippen LogP contribution in [0.4, 0.5) is 4.39 Å². The van der Waals surface area contributed by atoms with Gasteiger partial charge in [-0.3, -0.25) is 0 Å². The molecule has 0 N–H and O–H groups in total. The Morgan fingerprint density at radius 3 is 2.50 bits per heavy atom. The zero-order valence-electron chi connectivity index (χ0n) is 10.7. The van der Waals surface area contributed by atoms with Gasteiger partial charge in [0.1, 0.15) is 0 Å². The molecule has 2 aromatic carbocycles. The van der Waals surface area contributed by atoms with E-state index in [1.807, 2.05) is 6.07 Å². The van der Waals surface area contributed by atoms with Gasteiger partial charge in [0.15, 0.2) is 11.6 Å². The van der Waals surface area contributed by atoms with E-state index in [4.69, 9.17) is 39.5 Å². The lowest BCUT2D eigenvalue weighted by molar-refractivity contribution is 0.386. The summed E-state index contributed by atoms with van der Waals surface area (Å²) in [4.78, 5) is 0. The molecule has 20 heavy (non-hydrogen) atoms. The predicted molar refractivity (Wildman–Crippen MR) is 81.7 cm³/mol. The zero-order valence-corrected chi connectivity index (χ0v) is 12.9. The molecule has 0 aliphatic rings. The minimum atomic E-state index is -0.408. The molecule has 0 saturated heterocycles. The quantitative estimate of drug-likeness (QED) is 0.656. The number of benzene rings is 2. The Bertz CT molecular complexity index is 616. The van der Waals surface area contributed by atoms with Crippen LogP contribution in [-0.4, -0.2) is 7.11 Å². The second kappa shape index (κ2) is 6.66. The topological polar surface area (TPSA) is 9.23 Å². The summed E-state index contributed by atoms with van der Waals surface area (Å²) in [5, 5.41) is 0.691. The monoisotopic (exact) mass is 332 g/mol. The highest BCUT2D eigenvalue weighted by Crippen LogP contribution is 2.31. The van der Waals surface area contributed by atoms with Gasteiger partial charge in [0.25, 0.3) is 0 Å². The highest BCUT2D eigenvalue weighted by Gasteiger charge is 2.13. The Kier molecular flexibility index (Phi) is 5.14. The third-order valence-corrected chi connectivity index (χ3v) is 4.08. The van der Waals surface area contributed by atoms with Crippen LogP contribution in [0.25, 0.3) is 0 Å². The minimum Gasteiger partial charge on any atom is -0.494 e. The molecular formula is C15H12Cl3FO. The third kappa shape index (κ3) is 3.57. The number of ether oxygens (including phenoxy) is 1. The first-order valence-corrected chi connectivity index (χ1v) is 7.12. The Morgan fingerprint density at radius 1 is 1.10 bits per heavy atom. The largest absolute Gasteiger partial charge is 0.494 e. The van der Waals surface area contributed by atoms with E-state index >= 15 is 0 Å². The highest BCUT2D eigenvalue weighted by molar-refractivity contribution is 6.42. The number of halogens is 4. The van der Waals surface area contributed by atoms with Crippen molar-refractivity contribution in [2.75, 3.05) is 7.11 Å². The number of alkyl halides is 1. The molecule has 1 unspecified atom stereocenters. The Balaban J connectivity index is 2.19. The molecule has 0 aromatic heterocycles. The van der Waals surface area contributed by atoms with E-state index < -0.39 is 5.82 Å². The van der Waals surface area contributed by atoms with Crippen LogP contribution in [0.2, 0.25) is 10.0 Å². The average molecular weight is 334 g/mol. The van der Waals surface area contributed by atoms with Gasteiger partial charge in [-0.15, -0.1) is 11.6 Å². The Morgan fingerprint density at radius 2 is 1.85 bits per heavy atom. The summed E-state index contributed by atoms with van der Waals surface area (Å²) in [6.45, 7) is 0. The average Bonchev–Trinajstić information content (AvgIpc) is 2.43. The van der Waals surface area contributed by atoms with E-state index in [0.29, 0.717) is 16.5 Å². The summed E-state index contributed by atoms with van der Waals surface area (Å²) in [5.41, 5.74) is 1.75. The summed E-state index contributed by atoms with van der Waals surface area (Å²) < 4.78 is 18.3. The van der Waals surface area contributed by atoms with Gasteiger partial charge in [0, 0.05) is 0 Å². The minimum absolute atomic E-state index is 0.183. The number of hydrogen-bond acceptors (Lipinski definition) is 1. The van der Waals surface area contributed by atoms with Gasteiger partial charge in [-0.1, -0.05) is 35.3 Å². The van der Waals surface area contributed by atoms with E-state index in [-0.39, 0.29) is 11.1 Å². The fourth-order valence-corrected chi connectivity index (χ4v) is 2.50. The van der Waals surface area contributed by atoms with Crippen LogP contribution in [0.5, 0.6) is 5.75 Å². The maximum absolute atomic E-state index is 13.4. The zero-order chi connectivity index (χ0) is 14.7. The van der Waals surface area contributed by atoms with Gasteiger partial charge in [0.2, 0.25) is 0 Å². The summed E-state index contributed by atoms with van der Waals surface area (Å²) in [7, 11) is 1.42. The molecular weight excluding hydrogens is 322 g/mol. The lowest BCUT2D eigenvalue weighted by atomic mass is 10.0.